The molecule has 102 valence electrons. The van der Waals surface area contributed by atoms with Crippen LogP contribution < -0.4 is 5.32 Å². The van der Waals surface area contributed by atoms with E-state index in [-0.39, 0.29) is 25.1 Å². The Bertz CT molecular complexity index is 242. The van der Waals surface area contributed by atoms with Gasteiger partial charge < -0.3 is 15.2 Å². The predicted octanol–water partition coefficient (Wildman–Crippen LogP) is 1.23. The van der Waals surface area contributed by atoms with Crippen molar-refractivity contribution in [1.82, 2.24) is 5.32 Å². The molecule has 2 N–H and O–H groups in total. The number of β-amino-alcohol motifs (C(OH)–C–C–N with tert-alkyl or cyclic N) is 1. The van der Waals surface area contributed by atoms with Gasteiger partial charge in [0.15, 0.2) is 5.60 Å². The van der Waals surface area contributed by atoms with Crippen molar-refractivity contribution in [2.45, 2.75) is 44.6 Å². The van der Waals surface area contributed by atoms with Crippen LogP contribution in [-0.4, -0.2) is 42.0 Å². The van der Waals surface area contributed by atoms with Gasteiger partial charge in [0.2, 0.25) is 0 Å². The Hall–Kier alpha value is -0.820. The van der Waals surface area contributed by atoms with Crippen LogP contribution in [0.15, 0.2) is 0 Å². The SMILES string of the molecule is CC(C)(C)OC=O.OC1(C(F)(F)F)CCNC1. The van der Waals surface area contributed by atoms with Crippen molar-refractivity contribution < 1.29 is 27.8 Å². The van der Waals surface area contributed by atoms with Crippen LogP contribution in [0.4, 0.5) is 13.2 Å². The summed E-state index contributed by atoms with van der Waals surface area (Å²) in [6.45, 7) is 5.77. The molecule has 1 rings (SSSR count). The van der Waals surface area contributed by atoms with Crippen molar-refractivity contribution in [3.63, 3.8) is 0 Å². The van der Waals surface area contributed by atoms with Gasteiger partial charge in [-0.05, 0) is 33.7 Å². The van der Waals surface area contributed by atoms with Gasteiger partial charge in [0.1, 0.15) is 5.60 Å². The number of hydrogen-bond acceptors (Lipinski definition) is 4. The maximum Gasteiger partial charge on any atom is 0.418 e. The molecule has 0 saturated carbocycles. The molecule has 1 aliphatic rings. The zero-order valence-electron chi connectivity index (χ0n) is 10.1. The van der Waals surface area contributed by atoms with E-state index >= 15 is 0 Å². The Morgan fingerprint density at radius 1 is 1.35 bits per heavy atom. The Kier molecular flexibility index (Phi) is 5.41. The lowest BCUT2D eigenvalue weighted by Crippen LogP contribution is -2.46. The summed E-state index contributed by atoms with van der Waals surface area (Å²) in [5, 5.41) is 11.3. The molecule has 0 aromatic rings. The summed E-state index contributed by atoms with van der Waals surface area (Å²) in [4.78, 5) is 9.60. The minimum atomic E-state index is -4.49. The first-order valence-electron chi connectivity index (χ1n) is 5.13. The molecule has 0 aromatic carbocycles. The highest BCUT2D eigenvalue weighted by atomic mass is 19.4. The third-order valence-electron chi connectivity index (χ3n) is 2.06. The number of ether oxygens (including phenoxy) is 1. The standard InChI is InChI=1S/C5H8F3NO.C5H10O2/c6-5(7,8)4(10)1-2-9-3-4;1-5(2,3)7-4-6/h9-10H,1-3H2;4H,1-3H3. The highest BCUT2D eigenvalue weighted by Crippen LogP contribution is 2.34. The molecule has 17 heavy (non-hydrogen) atoms. The zero-order chi connectivity index (χ0) is 13.7. The molecule has 0 radical (unpaired) electrons. The maximum absolute atomic E-state index is 11.9. The number of rotatable bonds is 1. The molecule has 0 bridgehead atoms. The topological polar surface area (TPSA) is 58.6 Å². The molecule has 1 unspecified atom stereocenters. The van der Waals surface area contributed by atoms with E-state index in [2.05, 4.69) is 10.1 Å². The van der Waals surface area contributed by atoms with E-state index in [1.807, 2.05) is 20.8 Å². The molecule has 4 nitrogen and oxygen atoms in total. The third kappa shape index (κ3) is 5.88. The predicted molar refractivity (Wildman–Crippen MR) is 55.4 cm³/mol. The van der Waals surface area contributed by atoms with Crippen LogP contribution in [-0.2, 0) is 9.53 Å². The normalized spacial score (nSPS) is 24.9. The number of carbonyl (C=O) groups excluding carboxylic acids is 1. The third-order valence-corrected chi connectivity index (χ3v) is 2.06. The second kappa shape index (κ2) is 5.68. The average Bonchev–Trinajstić information content (AvgIpc) is 2.50. The van der Waals surface area contributed by atoms with E-state index < -0.39 is 11.8 Å². The van der Waals surface area contributed by atoms with Crippen molar-refractivity contribution in [3.05, 3.63) is 0 Å². The lowest BCUT2D eigenvalue weighted by molar-refractivity contribution is -0.251. The lowest BCUT2D eigenvalue weighted by Gasteiger charge is -2.23. The van der Waals surface area contributed by atoms with Gasteiger partial charge in [0.25, 0.3) is 6.47 Å². The molecule has 1 heterocycles. The fourth-order valence-corrected chi connectivity index (χ4v) is 1.07. The Morgan fingerprint density at radius 3 is 2.00 bits per heavy atom. The fraction of sp³-hybridized carbons (Fsp3) is 0.900. The molecule has 7 heteroatoms. The van der Waals surface area contributed by atoms with Gasteiger partial charge in [-0.15, -0.1) is 0 Å². The first-order valence-corrected chi connectivity index (χ1v) is 5.13. The second-order valence-corrected chi connectivity index (χ2v) is 4.78. The van der Waals surface area contributed by atoms with Gasteiger partial charge in [0.05, 0.1) is 0 Å². The van der Waals surface area contributed by atoms with Crippen molar-refractivity contribution in [2.75, 3.05) is 13.1 Å². The summed E-state index contributed by atoms with van der Waals surface area (Å²) < 4.78 is 40.1. The molecule has 0 aromatic heterocycles. The summed E-state index contributed by atoms with van der Waals surface area (Å²) in [7, 11) is 0. The lowest BCUT2D eigenvalue weighted by atomic mass is 10.0. The van der Waals surface area contributed by atoms with Crippen molar-refractivity contribution in [1.29, 1.82) is 0 Å². The molecular weight excluding hydrogens is 239 g/mol. The van der Waals surface area contributed by atoms with E-state index in [9.17, 15) is 18.0 Å². The van der Waals surface area contributed by atoms with E-state index in [0.717, 1.165) is 0 Å². The Balaban J connectivity index is 0.000000325. The molecule has 0 aliphatic carbocycles. The van der Waals surface area contributed by atoms with Crippen LogP contribution >= 0.6 is 0 Å². The quantitative estimate of drug-likeness (QED) is 0.694. The van der Waals surface area contributed by atoms with Crippen molar-refractivity contribution in [3.8, 4) is 0 Å². The van der Waals surface area contributed by atoms with Gasteiger partial charge in [-0.2, -0.15) is 13.2 Å². The van der Waals surface area contributed by atoms with Crippen molar-refractivity contribution >= 4 is 6.47 Å². The maximum atomic E-state index is 11.9. The first-order chi connectivity index (χ1) is 7.52. The minimum absolute atomic E-state index is 0.232. The summed E-state index contributed by atoms with van der Waals surface area (Å²) in [5.74, 6) is 0. The first kappa shape index (κ1) is 16.2. The van der Waals surface area contributed by atoms with Crippen LogP contribution in [0.5, 0.6) is 0 Å². The van der Waals surface area contributed by atoms with E-state index in [1.165, 1.54) is 0 Å². The molecule has 1 saturated heterocycles. The monoisotopic (exact) mass is 257 g/mol. The summed E-state index contributed by atoms with van der Waals surface area (Å²) in [6, 6.07) is 0. The molecule has 0 amide bonds. The fourth-order valence-electron chi connectivity index (χ4n) is 1.07. The van der Waals surface area contributed by atoms with E-state index in [4.69, 9.17) is 5.11 Å². The van der Waals surface area contributed by atoms with Gasteiger partial charge in [0, 0.05) is 6.54 Å². The molecule has 1 fully saturated rings. The van der Waals surface area contributed by atoms with Crippen LogP contribution in [0.25, 0.3) is 0 Å². The Labute approximate surface area is 98.1 Å². The highest BCUT2D eigenvalue weighted by molar-refractivity contribution is 5.37. The number of carbonyl (C=O) groups is 1. The summed E-state index contributed by atoms with van der Waals surface area (Å²) >= 11 is 0. The summed E-state index contributed by atoms with van der Waals surface area (Å²) in [5.41, 5.74) is -2.80. The smallest absolute Gasteiger partial charge is 0.418 e. The minimum Gasteiger partial charge on any atom is -0.462 e. The summed E-state index contributed by atoms with van der Waals surface area (Å²) in [6.07, 6.45) is -4.73. The van der Waals surface area contributed by atoms with Gasteiger partial charge in [-0.1, -0.05) is 0 Å². The Morgan fingerprint density at radius 2 is 1.88 bits per heavy atom. The van der Waals surface area contributed by atoms with Gasteiger partial charge in [-0.3, -0.25) is 4.79 Å². The number of halogens is 3. The van der Waals surface area contributed by atoms with Crippen LogP contribution in [0, 0.1) is 0 Å². The van der Waals surface area contributed by atoms with Gasteiger partial charge >= 0.3 is 6.18 Å². The zero-order valence-corrected chi connectivity index (χ0v) is 10.1. The number of hydrogen-bond donors (Lipinski definition) is 2. The highest BCUT2D eigenvalue weighted by Gasteiger charge is 2.54. The molecule has 0 spiro atoms. The van der Waals surface area contributed by atoms with Crippen molar-refractivity contribution in [2.24, 2.45) is 0 Å². The average molecular weight is 257 g/mol. The van der Waals surface area contributed by atoms with Gasteiger partial charge in [-0.25, -0.2) is 0 Å². The van der Waals surface area contributed by atoms with Crippen LogP contribution in [0.2, 0.25) is 0 Å². The second-order valence-electron chi connectivity index (χ2n) is 4.78. The molecular formula is C10H18F3NO3. The number of aliphatic hydroxyl groups is 1. The van der Waals surface area contributed by atoms with Crippen LogP contribution in [0.3, 0.4) is 0 Å². The van der Waals surface area contributed by atoms with E-state index in [1.54, 1.807) is 0 Å². The van der Waals surface area contributed by atoms with Crippen LogP contribution in [0.1, 0.15) is 27.2 Å². The molecule has 1 aliphatic heterocycles. The number of nitrogens with one attached hydrogen (secondary N) is 1. The largest absolute Gasteiger partial charge is 0.462 e. The number of alkyl halides is 3. The van der Waals surface area contributed by atoms with E-state index in [0.29, 0.717) is 6.47 Å². The molecule has 1 atom stereocenters.